The van der Waals surface area contributed by atoms with Gasteiger partial charge < -0.3 is 5.32 Å². The highest BCUT2D eigenvalue weighted by molar-refractivity contribution is 5.25. The van der Waals surface area contributed by atoms with Crippen molar-refractivity contribution in [2.45, 2.75) is 45.7 Å². The minimum Gasteiger partial charge on any atom is -0.314 e. The summed E-state index contributed by atoms with van der Waals surface area (Å²) in [5.74, 6) is 0. The van der Waals surface area contributed by atoms with Gasteiger partial charge in [-0.3, -0.25) is 9.36 Å². The number of rotatable bonds is 6. The normalized spacial score (nSPS) is 14.9. The summed E-state index contributed by atoms with van der Waals surface area (Å²) < 4.78 is 3.76. The second-order valence-electron chi connectivity index (χ2n) is 5.67. The lowest BCUT2D eigenvalue weighted by molar-refractivity contribution is 0.641. The number of aryl methyl sites for hydroxylation is 2. The Morgan fingerprint density at radius 3 is 2.80 bits per heavy atom. The van der Waals surface area contributed by atoms with E-state index in [9.17, 15) is 0 Å². The van der Waals surface area contributed by atoms with Crippen LogP contribution < -0.4 is 5.32 Å². The molecule has 0 aromatic carbocycles. The summed E-state index contributed by atoms with van der Waals surface area (Å²) in [5.41, 5.74) is 4.68. The fraction of sp³-hybridized carbons (Fsp3) is 0.643. The highest BCUT2D eigenvalue weighted by Crippen LogP contribution is 2.19. The molecule has 6 nitrogen and oxygen atoms in total. The van der Waals surface area contributed by atoms with Crippen LogP contribution in [-0.4, -0.2) is 37.4 Å². The van der Waals surface area contributed by atoms with Gasteiger partial charge in [-0.2, -0.15) is 5.10 Å². The van der Waals surface area contributed by atoms with Gasteiger partial charge in [-0.15, -0.1) is 5.10 Å². The van der Waals surface area contributed by atoms with Crippen LogP contribution in [-0.2, 0) is 20.0 Å². The lowest BCUT2D eigenvalue weighted by Gasteiger charge is -2.05. The fourth-order valence-corrected chi connectivity index (χ4v) is 2.56. The Bertz CT molecular complexity index is 593. The SMILES string of the molecule is Cc1nn(Cc2cn(C)nn2)c(C)c1CCNC1CC1. The molecule has 0 saturated heterocycles. The van der Waals surface area contributed by atoms with E-state index in [0.717, 1.165) is 30.4 Å². The molecule has 1 fully saturated rings. The van der Waals surface area contributed by atoms with Gasteiger partial charge >= 0.3 is 0 Å². The predicted molar refractivity (Wildman–Crippen MR) is 76.5 cm³/mol. The first kappa shape index (κ1) is 13.3. The van der Waals surface area contributed by atoms with Gasteiger partial charge in [-0.1, -0.05) is 5.21 Å². The third kappa shape index (κ3) is 2.90. The molecule has 1 saturated carbocycles. The third-order valence-electron chi connectivity index (χ3n) is 3.88. The van der Waals surface area contributed by atoms with E-state index in [2.05, 4.69) is 34.6 Å². The largest absolute Gasteiger partial charge is 0.314 e. The maximum atomic E-state index is 4.64. The number of nitrogens with zero attached hydrogens (tertiary/aromatic N) is 5. The van der Waals surface area contributed by atoms with Crippen LogP contribution in [0.2, 0.25) is 0 Å². The Morgan fingerprint density at radius 2 is 2.15 bits per heavy atom. The van der Waals surface area contributed by atoms with Crippen molar-refractivity contribution in [3.05, 3.63) is 28.8 Å². The van der Waals surface area contributed by atoms with E-state index in [1.165, 1.54) is 24.1 Å². The standard InChI is InChI=1S/C14H22N6/c1-10-14(6-7-15-12-4-5-12)11(2)20(17-10)9-13-8-19(3)18-16-13/h8,12,15H,4-7,9H2,1-3H3. The van der Waals surface area contributed by atoms with Gasteiger partial charge in [0.05, 0.1) is 12.2 Å². The Labute approximate surface area is 119 Å². The highest BCUT2D eigenvalue weighted by atomic mass is 15.4. The van der Waals surface area contributed by atoms with Crippen LogP contribution in [0.1, 0.15) is 35.5 Å². The second kappa shape index (κ2) is 5.36. The summed E-state index contributed by atoms with van der Waals surface area (Å²) in [5, 5.41) is 16.3. The maximum absolute atomic E-state index is 4.64. The molecule has 3 rings (SSSR count). The molecule has 1 N–H and O–H groups in total. The molecule has 20 heavy (non-hydrogen) atoms. The molecule has 0 aliphatic heterocycles. The van der Waals surface area contributed by atoms with Crippen molar-refractivity contribution in [1.29, 1.82) is 0 Å². The minimum atomic E-state index is 0.691. The summed E-state index contributed by atoms with van der Waals surface area (Å²) in [6.07, 6.45) is 5.66. The molecule has 0 atom stereocenters. The van der Waals surface area contributed by atoms with E-state index in [1.807, 2.05) is 17.9 Å². The van der Waals surface area contributed by atoms with Crippen molar-refractivity contribution >= 4 is 0 Å². The lowest BCUT2D eigenvalue weighted by Crippen LogP contribution is -2.19. The van der Waals surface area contributed by atoms with Gasteiger partial charge in [0, 0.05) is 25.0 Å². The van der Waals surface area contributed by atoms with E-state index < -0.39 is 0 Å². The summed E-state index contributed by atoms with van der Waals surface area (Å²) >= 11 is 0. The van der Waals surface area contributed by atoms with Crippen molar-refractivity contribution in [2.24, 2.45) is 7.05 Å². The molecular formula is C14H22N6. The number of hydrogen-bond donors (Lipinski definition) is 1. The number of hydrogen-bond acceptors (Lipinski definition) is 4. The lowest BCUT2D eigenvalue weighted by atomic mass is 10.1. The molecule has 0 amide bonds. The van der Waals surface area contributed by atoms with E-state index in [0.29, 0.717) is 6.54 Å². The van der Waals surface area contributed by atoms with Crippen molar-refractivity contribution in [3.8, 4) is 0 Å². The molecule has 2 aromatic heterocycles. The molecule has 1 aliphatic rings. The molecule has 0 spiro atoms. The van der Waals surface area contributed by atoms with E-state index in [-0.39, 0.29) is 0 Å². The van der Waals surface area contributed by atoms with Crippen LogP contribution in [0.5, 0.6) is 0 Å². The van der Waals surface area contributed by atoms with E-state index in [1.54, 1.807) is 4.68 Å². The molecule has 2 aromatic rings. The predicted octanol–water partition coefficient (Wildman–Crippen LogP) is 0.971. The zero-order chi connectivity index (χ0) is 14.1. The zero-order valence-electron chi connectivity index (χ0n) is 12.4. The van der Waals surface area contributed by atoms with Crippen molar-refractivity contribution in [2.75, 3.05) is 6.54 Å². The highest BCUT2D eigenvalue weighted by Gasteiger charge is 2.20. The summed E-state index contributed by atoms with van der Waals surface area (Å²) in [6, 6.07) is 0.769. The van der Waals surface area contributed by atoms with E-state index in [4.69, 9.17) is 0 Å². The van der Waals surface area contributed by atoms with E-state index >= 15 is 0 Å². The number of nitrogens with one attached hydrogen (secondary N) is 1. The zero-order valence-corrected chi connectivity index (χ0v) is 12.4. The summed E-state index contributed by atoms with van der Waals surface area (Å²) in [4.78, 5) is 0. The average Bonchev–Trinajstić information content (AvgIpc) is 3.09. The molecule has 0 radical (unpaired) electrons. The second-order valence-corrected chi connectivity index (χ2v) is 5.67. The first-order chi connectivity index (χ1) is 9.63. The average molecular weight is 274 g/mol. The van der Waals surface area contributed by atoms with Gasteiger partial charge in [0.15, 0.2) is 0 Å². The fourth-order valence-electron chi connectivity index (χ4n) is 2.56. The molecule has 2 heterocycles. The molecular weight excluding hydrogens is 252 g/mol. The van der Waals surface area contributed by atoms with Gasteiger partial charge in [0.1, 0.15) is 5.69 Å². The van der Waals surface area contributed by atoms with Crippen molar-refractivity contribution in [1.82, 2.24) is 30.1 Å². The van der Waals surface area contributed by atoms with Gasteiger partial charge in [0.2, 0.25) is 0 Å². The molecule has 108 valence electrons. The van der Waals surface area contributed by atoms with Crippen molar-refractivity contribution in [3.63, 3.8) is 0 Å². The molecule has 0 bridgehead atoms. The Balaban J connectivity index is 1.68. The summed E-state index contributed by atoms with van der Waals surface area (Å²) in [7, 11) is 1.88. The van der Waals surface area contributed by atoms with Gasteiger partial charge in [-0.25, -0.2) is 0 Å². The molecule has 0 unspecified atom stereocenters. The summed E-state index contributed by atoms with van der Waals surface area (Å²) in [6.45, 7) is 5.97. The Kier molecular flexibility index (Phi) is 3.56. The van der Waals surface area contributed by atoms with Crippen molar-refractivity contribution < 1.29 is 0 Å². The molecule has 6 heteroatoms. The first-order valence-corrected chi connectivity index (χ1v) is 7.25. The van der Waals surface area contributed by atoms with Gasteiger partial charge in [0.25, 0.3) is 0 Å². The smallest absolute Gasteiger partial charge is 0.104 e. The number of aromatic nitrogens is 5. The Morgan fingerprint density at radius 1 is 1.35 bits per heavy atom. The third-order valence-corrected chi connectivity index (χ3v) is 3.88. The maximum Gasteiger partial charge on any atom is 0.104 e. The van der Waals surface area contributed by atoms with Crippen LogP contribution in [0.3, 0.4) is 0 Å². The molecule has 1 aliphatic carbocycles. The van der Waals surface area contributed by atoms with Crippen LogP contribution in [0, 0.1) is 13.8 Å². The first-order valence-electron chi connectivity index (χ1n) is 7.25. The minimum absolute atomic E-state index is 0.691. The quantitative estimate of drug-likeness (QED) is 0.853. The van der Waals surface area contributed by atoms with Crippen LogP contribution in [0.4, 0.5) is 0 Å². The monoisotopic (exact) mass is 274 g/mol. The van der Waals surface area contributed by atoms with Gasteiger partial charge in [-0.05, 0) is 45.2 Å². The van der Waals surface area contributed by atoms with Crippen LogP contribution >= 0.6 is 0 Å². The topological polar surface area (TPSA) is 60.6 Å². The van der Waals surface area contributed by atoms with Crippen LogP contribution in [0.25, 0.3) is 0 Å². The Hall–Kier alpha value is -1.69. The van der Waals surface area contributed by atoms with Crippen LogP contribution in [0.15, 0.2) is 6.20 Å².